The molecule has 0 radical (unpaired) electrons. The minimum absolute atomic E-state index is 0.225. The van der Waals surface area contributed by atoms with Crippen LogP contribution in [0.25, 0.3) is 0 Å². The van der Waals surface area contributed by atoms with Gasteiger partial charge >= 0.3 is 6.18 Å². The van der Waals surface area contributed by atoms with Crippen molar-refractivity contribution >= 4 is 11.3 Å². The quantitative estimate of drug-likeness (QED) is 0.762. The van der Waals surface area contributed by atoms with Crippen molar-refractivity contribution in [2.24, 2.45) is 0 Å². The van der Waals surface area contributed by atoms with E-state index in [4.69, 9.17) is 0 Å². The van der Waals surface area contributed by atoms with Crippen molar-refractivity contribution in [2.75, 3.05) is 13.6 Å². The monoisotopic (exact) mass is 250 g/mol. The number of halogens is 3. The van der Waals surface area contributed by atoms with Gasteiger partial charge in [0.1, 0.15) is 6.04 Å². The zero-order valence-electron chi connectivity index (χ0n) is 9.14. The second-order valence-corrected chi connectivity index (χ2v) is 5.11. The zero-order valence-corrected chi connectivity index (χ0v) is 9.95. The minimum Gasteiger partial charge on any atom is -0.290 e. The zero-order chi connectivity index (χ0) is 11.9. The lowest BCUT2D eigenvalue weighted by molar-refractivity contribution is -0.185. The first-order chi connectivity index (χ1) is 7.43. The molecule has 2 nitrogen and oxygen atoms in total. The molecular weight excluding hydrogens is 237 g/mol. The number of likely N-dealkylation sites (N-methyl/N-ethyl adjacent to an activating group) is 1. The highest BCUT2D eigenvalue weighted by molar-refractivity contribution is 7.11. The lowest BCUT2D eigenvalue weighted by Crippen LogP contribution is -2.40. The maximum absolute atomic E-state index is 12.9. The minimum atomic E-state index is -4.23. The molecule has 0 amide bonds. The SMILES string of the molecule is CCc1nc2c(s1)CCN(C)C2C(F)(F)F. The molecule has 1 aliphatic rings. The number of rotatable bonds is 1. The number of alkyl halides is 3. The van der Waals surface area contributed by atoms with Gasteiger partial charge in [-0.25, -0.2) is 4.98 Å². The van der Waals surface area contributed by atoms with Crippen LogP contribution in [0.1, 0.15) is 28.5 Å². The van der Waals surface area contributed by atoms with Crippen LogP contribution in [-0.2, 0) is 12.8 Å². The lowest BCUT2D eigenvalue weighted by Gasteiger charge is -2.32. The third kappa shape index (κ3) is 1.96. The van der Waals surface area contributed by atoms with E-state index < -0.39 is 12.2 Å². The summed E-state index contributed by atoms with van der Waals surface area (Å²) >= 11 is 1.42. The molecule has 1 atom stereocenters. The molecule has 1 unspecified atom stereocenters. The van der Waals surface area contributed by atoms with E-state index in [2.05, 4.69) is 4.98 Å². The fourth-order valence-corrected chi connectivity index (χ4v) is 3.01. The molecule has 2 heterocycles. The van der Waals surface area contributed by atoms with Crippen LogP contribution >= 0.6 is 11.3 Å². The number of hydrogen-bond acceptors (Lipinski definition) is 3. The highest BCUT2D eigenvalue weighted by Gasteiger charge is 2.47. The van der Waals surface area contributed by atoms with E-state index in [0.29, 0.717) is 19.4 Å². The Labute approximate surface area is 96.1 Å². The number of fused-ring (bicyclic) bond motifs is 1. The Kier molecular flexibility index (Phi) is 2.96. The van der Waals surface area contributed by atoms with Gasteiger partial charge in [-0.2, -0.15) is 13.2 Å². The molecule has 0 fully saturated rings. The Morgan fingerprint density at radius 1 is 1.50 bits per heavy atom. The Morgan fingerprint density at radius 2 is 2.19 bits per heavy atom. The van der Waals surface area contributed by atoms with Crippen LogP contribution in [0.4, 0.5) is 13.2 Å². The van der Waals surface area contributed by atoms with Gasteiger partial charge in [-0.05, 0) is 19.9 Å². The van der Waals surface area contributed by atoms with Gasteiger partial charge in [0, 0.05) is 11.4 Å². The maximum Gasteiger partial charge on any atom is 0.409 e. The van der Waals surface area contributed by atoms with E-state index in [9.17, 15) is 13.2 Å². The molecule has 90 valence electrons. The molecule has 1 aromatic heterocycles. The van der Waals surface area contributed by atoms with Gasteiger partial charge in [-0.3, -0.25) is 4.90 Å². The first kappa shape index (κ1) is 11.9. The van der Waals surface area contributed by atoms with Gasteiger partial charge in [0.2, 0.25) is 0 Å². The molecule has 0 spiro atoms. The summed E-state index contributed by atoms with van der Waals surface area (Å²) in [6.07, 6.45) is -2.86. The predicted molar refractivity (Wildman–Crippen MR) is 56.6 cm³/mol. The van der Waals surface area contributed by atoms with Crippen molar-refractivity contribution in [2.45, 2.75) is 32.0 Å². The summed E-state index contributed by atoms with van der Waals surface area (Å²) in [5.74, 6) is 0. The number of thiazole rings is 1. The van der Waals surface area contributed by atoms with Crippen molar-refractivity contribution in [1.82, 2.24) is 9.88 Å². The second-order valence-electron chi connectivity index (χ2n) is 3.94. The molecule has 16 heavy (non-hydrogen) atoms. The van der Waals surface area contributed by atoms with Crippen molar-refractivity contribution in [3.63, 3.8) is 0 Å². The predicted octanol–water partition coefficient (Wildman–Crippen LogP) is 2.80. The summed E-state index contributed by atoms with van der Waals surface area (Å²) in [4.78, 5) is 6.26. The molecule has 0 aliphatic carbocycles. The highest BCUT2D eigenvalue weighted by atomic mass is 32.1. The summed E-state index contributed by atoms with van der Waals surface area (Å²) in [5.41, 5.74) is 0.225. The van der Waals surface area contributed by atoms with Crippen molar-refractivity contribution in [3.8, 4) is 0 Å². The standard InChI is InChI=1S/C10H13F3N2S/c1-3-7-14-8-6(16-7)4-5-15(2)9(8)10(11,12)13/h9H,3-5H2,1-2H3. The van der Waals surface area contributed by atoms with Gasteiger partial charge < -0.3 is 0 Å². The van der Waals surface area contributed by atoms with Crippen LogP contribution in [0.15, 0.2) is 0 Å². The summed E-state index contributed by atoms with van der Waals surface area (Å²) in [7, 11) is 1.51. The van der Waals surface area contributed by atoms with E-state index in [-0.39, 0.29) is 5.69 Å². The summed E-state index contributed by atoms with van der Waals surface area (Å²) in [6.45, 7) is 2.36. The van der Waals surface area contributed by atoms with E-state index in [1.165, 1.54) is 23.3 Å². The Bertz CT molecular complexity index is 386. The fourth-order valence-electron chi connectivity index (χ4n) is 1.98. The van der Waals surface area contributed by atoms with Gasteiger partial charge in [-0.15, -0.1) is 11.3 Å². The maximum atomic E-state index is 12.9. The number of aryl methyl sites for hydroxylation is 1. The summed E-state index contributed by atoms with van der Waals surface area (Å²) in [5, 5.41) is 0.801. The van der Waals surface area contributed by atoms with Crippen LogP contribution < -0.4 is 0 Å². The normalized spacial score (nSPS) is 22.2. The second kappa shape index (κ2) is 4.00. The van der Waals surface area contributed by atoms with Crippen LogP contribution in [0.3, 0.4) is 0 Å². The average Bonchev–Trinajstić information content (AvgIpc) is 2.57. The number of nitrogens with zero attached hydrogens (tertiary/aromatic N) is 2. The number of aromatic nitrogens is 1. The fraction of sp³-hybridized carbons (Fsp3) is 0.700. The van der Waals surface area contributed by atoms with Gasteiger partial charge in [-0.1, -0.05) is 6.92 Å². The van der Waals surface area contributed by atoms with Gasteiger partial charge in [0.05, 0.1) is 10.7 Å². The van der Waals surface area contributed by atoms with Crippen molar-refractivity contribution < 1.29 is 13.2 Å². The largest absolute Gasteiger partial charge is 0.409 e. The van der Waals surface area contributed by atoms with Crippen molar-refractivity contribution in [1.29, 1.82) is 0 Å². The van der Waals surface area contributed by atoms with Crippen LogP contribution in [0, 0.1) is 0 Å². The van der Waals surface area contributed by atoms with Crippen LogP contribution in [-0.4, -0.2) is 29.7 Å². The van der Waals surface area contributed by atoms with E-state index in [1.54, 1.807) is 0 Å². The first-order valence-corrected chi connectivity index (χ1v) is 6.00. The molecule has 0 N–H and O–H groups in total. The molecule has 1 aliphatic heterocycles. The molecule has 1 aromatic rings. The van der Waals surface area contributed by atoms with Gasteiger partial charge in [0.15, 0.2) is 0 Å². The van der Waals surface area contributed by atoms with E-state index >= 15 is 0 Å². The third-order valence-corrected chi connectivity index (χ3v) is 4.05. The molecular formula is C10H13F3N2S. The Balaban J connectivity index is 2.43. The van der Waals surface area contributed by atoms with Crippen LogP contribution in [0.2, 0.25) is 0 Å². The molecule has 0 bridgehead atoms. The smallest absolute Gasteiger partial charge is 0.290 e. The molecule has 0 saturated carbocycles. The van der Waals surface area contributed by atoms with Gasteiger partial charge in [0.25, 0.3) is 0 Å². The third-order valence-electron chi connectivity index (χ3n) is 2.78. The average molecular weight is 250 g/mol. The lowest BCUT2D eigenvalue weighted by atomic mass is 10.1. The molecule has 0 aromatic carbocycles. The van der Waals surface area contributed by atoms with E-state index in [0.717, 1.165) is 9.88 Å². The number of hydrogen-bond donors (Lipinski definition) is 0. The van der Waals surface area contributed by atoms with Crippen LogP contribution in [0.5, 0.6) is 0 Å². The molecule has 6 heteroatoms. The topological polar surface area (TPSA) is 16.1 Å². The highest BCUT2D eigenvalue weighted by Crippen LogP contribution is 2.42. The first-order valence-electron chi connectivity index (χ1n) is 5.19. The Hall–Kier alpha value is -0.620. The summed E-state index contributed by atoms with van der Waals surface area (Å²) in [6, 6.07) is -1.52. The Morgan fingerprint density at radius 3 is 2.75 bits per heavy atom. The molecule has 0 saturated heterocycles. The van der Waals surface area contributed by atoms with Crippen molar-refractivity contribution in [3.05, 3.63) is 15.6 Å². The summed E-state index contributed by atoms with van der Waals surface area (Å²) < 4.78 is 38.7. The van der Waals surface area contributed by atoms with E-state index in [1.807, 2.05) is 6.92 Å². The molecule has 2 rings (SSSR count).